The Bertz CT molecular complexity index is 968. The molecule has 2 amide bonds. The molecule has 0 atom stereocenters. The van der Waals surface area contributed by atoms with E-state index < -0.39 is 0 Å². The molecule has 0 saturated carbocycles. The van der Waals surface area contributed by atoms with Gasteiger partial charge in [0.2, 0.25) is 0 Å². The average molecular weight is 403 g/mol. The van der Waals surface area contributed by atoms with E-state index in [4.69, 9.17) is 0 Å². The van der Waals surface area contributed by atoms with Gasteiger partial charge in [-0.15, -0.1) is 0 Å². The molecule has 2 N–H and O–H groups in total. The minimum atomic E-state index is -0.323. The molecule has 0 aliphatic carbocycles. The predicted molar refractivity (Wildman–Crippen MR) is 120 cm³/mol. The molecule has 1 aromatic heterocycles. The molecule has 0 radical (unpaired) electrons. The normalized spacial score (nSPS) is 14.4. The Hall–Kier alpha value is -3.45. The van der Waals surface area contributed by atoms with E-state index in [1.54, 1.807) is 0 Å². The Labute approximate surface area is 176 Å². The molecule has 0 unspecified atom stereocenters. The van der Waals surface area contributed by atoms with Crippen LogP contribution in [0.1, 0.15) is 11.1 Å². The second kappa shape index (κ2) is 9.37. The number of amides is 2. The lowest BCUT2D eigenvalue weighted by Gasteiger charge is -2.35. The Balaban J connectivity index is 1.31. The minimum Gasteiger partial charge on any atom is -0.354 e. The third-order valence-electron chi connectivity index (χ3n) is 5.15. The number of piperazine rings is 1. The van der Waals surface area contributed by atoms with Crippen molar-refractivity contribution in [2.75, 3.05) is 41.7 Å². The van der Waals surface area contributed by atoms with Crippen LogP contribution in [0.5, 0.6) is 0 Å². The van der Waals surface area contributed by atoms with Gasteiger partial charge in [-0.2, -0.15) is 0 Å². The van der Waals surface area contributed by atoms with Crippen LogP contribution in [-0.2, 0) is 6.54 Å². The van der Waals surface area contributed by atoms with Gasteiger partial charge in [-0.25, -0.2) is 14.8 Å². The van der Waals surface area contributed by atoms with Crippen molar-refractivity contribution in [1.29, 1.82) is 0 Å². The van der Waals surface area contributed by atoms with E-state index in [2.05, 4.69) is 54.7 Å². The zero-order chi connectivity index (χ0) is 20.8. The highest BCUT2D eigenvalue weighted by Gasteiger charge is 2.18. The number of hydrogen-bond acceptors (Lipinski definition) is 5. The summed E-state index contributed by atoms with van der Waals surface area (Å²) < 4.78 is 0. The Morgan fingerprint density at radius 3 is 2.40 bits per heavy atom. The summed E-state index contributed by atoms with van der Waals surface area (Å²) in [6, 6.07) is 19.7. The molecule has 1 saturated heterocycles. The number of carbonyl (C=O) groups excluding carboxylic acids is 1. The Morgan fingerprint density at radius 1 is 0.933 bits per heavy atom. The maximum Gasteiger partial charge on any atom is 0.324 e. The monoisotopic (exact) mass is 402 g/mol. The standard InChI is InChI=1S/C23H26N6O/c1-18-7-9-20(10-8-18)26-23(30)27-21-15-22(25-17-24-21)29-13-11-28(12-14-29)16-19-5-3-2-4-6-19/h2-10,15,17H,11-14,16H2,1H3,(H2,24,25,26,27,30). The lowest BCUT2D eigenvalue weighted by atomic mass is 10.2. The zero-order valence-electron chi connectivity index (χ0n) is 17.1. The molecule has 0 bridgehead atoms. The molecular weight excluding hydrogens is 376 g/mol. The van der Waals surface area contributed by atoms with Crippen molar-refractivity contribution in [2.24, 2.45) is 0 Å². The summed E-state index contributed by atoms with van der Waals surface area (Å²) >= 11 is 0. The van der Waals surface area contributed by atoms with Gasteiger partial charge in [-0.1, -0.05) is 48.0 Å². The van der Waals surface area contributed by atoms with E-state index in [0.29, 0.717) is 5.82 Å². The summed E-state index contributed by atoms with van der Waals surface area (Å²) in [7, 11) is 0. The molecule has 1 aliphatic rings. The second-order valence-electron chi connectivity index (χ2n) is 7.46. The molecule has 2 aromatic carbocycles. The van der Waals surface area contributed by atoms with Crippen LogP contribution in [0.15, 0.2) is 67.0 Å². The molecule has 4 rings (SSSR count). The second-order valence-corrected chi connectivity index (χ2v) is 7.46. The molecule has 30 heavy (non-hydrogen) atoms. The van der Waals surface area contributed by atoms with E-state index in [-0.39, 0.29) is 6.03 Å². The summed E-state index contributed by atoms with van der Waals surface area (Å²) in [5.74, 6) is 1.31. The van der Waals surface area contributed by atoms with Gasteiger partial charge in [0.1, 0.15) is 18.0 Å². The number of carbonyl (C=O) groups is 1. The molecule has 1 fully saturated rings. The van der Waals surface area contributed by atoms with Crippen LogP contribution in [0.4, 0.5) is 22.1 Å². The molecule has 0 spiro atoms. The first kappa shape index (κ1) is 19.8. The third kappa shape index (κ3) is 5.33. The maximum absolute atomic E-state index is 12.3. The van der Waals surface area contributed by atoms with Gasteiger partial charge in [-0.3, -0.25) is 10.2 Å². The highest BCUT2D eigenvalue weighted by molar-refractivity contribution is 5.99. The van der Waals surface area contributed by atoms with Crippen LogP contribution in [0.3, 0.4) is 0 Å². The van der Waals surface area contributed by atoms with Gasteiger partial charge in [0.05, 0.1) is 0 Å². The summed E-state index contributed by atoms with van der Waals surface area (Å²) in [5.41, 5.74) is 3.21. The molecule has 2 heterocycles. The van der Waals surface area contributed by atoms with Crippen molar-refractivity contribution < 1.29 is 4.79 Å². The van der Waals surface area contributed by atoms with Gasteiger partial charge in [0, 0.05) is 44.5 Å². The maximum atomic E-state index is 12.3. The fraction of sp³-hybridized carbons (Fsp3) is 0.261. The van der Waals surface area contributed by atoms with E-state index in [0.717, 1.165) is 49.8 Å². The predicted octanol–water partition coefficient (Wildman–Crippen LogP) is 3.75. The summed E-state index contributed by atoms with van der Waals surface area (Å²) in [4.78, 5) is 25.5. The van der Waals surface area contributed by atoms with Gasteiger partial charge in [-0.05, 0) is 24.6 Å². The fourth-order valence-corrected chi connectivity index (χ4v) is 3.48. The first-order valence-corrected chi connectivity index (χ1v) is 10.1. The third-order valence-corrected chi connectivity index (χ3v) is 5.15. The number of nitrogens with zero attached hydrogens (tertiary/aromatic N) is 4. The minimum absolute atomic E-state index is 0.323. The molecular formula is C23H26N6O. The van der Waals surface area contributed by atoms with E-state index in [9.17, 15) is 4.79 Å². The summed E-state index contributed by atoms with van der Waals surface area (Å²) in [6.07, 6.45) is 1.49. The van der Waals surface area contributed by atoms with Crippen LogP contribution in [0.2, 0.25) is 0 Å². The van der Waals surface area contributed by atoms with Gasteiger partial charge in [0.15, 0.2) is 0 Å². The largest absolute Gasteiger partial charge is 0.354 e. The number of nitrogens with one attached hydrogen (secondary N) is 2. The molecule has 3 aromatic rings. The highest BCUT2D eigenvalue weighted by atomic mass is 16.2. The van der Waals surface area contributed by atoms with E-state index in [1.165, 1.54) is 11.9 Å². The van der Waals surface area contributed by atoms with Gasteiger partial charge < -0.3 is 10.2 Å². The van der Waals surface area contributed by atoms with E-state index in [1.807, 2.05) is 43.3 Å². The van der Waals surface area contributed by atoms with Crippen LogP contribution in [0, 0.1) is 6.92 Å². The van der Waals surface area contributed by atoms with Crippen LogP contribution >= 0.6 is 0 Å². The van der Waals surface area contributed by atoms with Crippen molar-refractivity contribution in [2.45, 2.75) is 13.5 Å². The number of rotatable bonds is 5. The van der Waals surface area contributed by atoms with Crippen molar-refractivity contribution in [3.8, 4) is 0 Å². The van der Waals surface area contributed by atoms with Gasteiger partial charge in [0.25, 0.3) is 0 Å². The summed E-state index contributed by atoms with van der Waals surface area (Å²) in [5, 5.41) is 5.60. The number of urea groups is 1. The first-order chi connectivity index (χ1) is 14.7. The van der Waals surface area contributed by atoms with Gasteiger partial charge >= 0.3 is 6.03 Å². The number of anilines is 3. The molecule has 7 nitrogen and oxygen atoms in total. The summed E-state index contributed by atoms with van der Waals surface area (Å²) in [6.45, 7) is 6.68. The van der Waals surface area contributed by atoms with Crippen molar-refractivity contribution in [3.63, 3.8) is 0 Å². The molecule has 154 valence electrons. The lowest BCUT2D eigenvalue weighted by Crippen LogP contribution is -2.46. The van der Waals surface area contributed by atoms with Crippen LogP contribution < -0.4 is 15.5 Å². The highest BCUT2D eigenvalue weighted by Crippen LogP contribution is 2.18. The number of aromatic nitrogens is 2. The van der Waals surface area contributed by atoms with Crippen molar-refractivity contribution in [1.82, 2.24) is 14.9 Å². The average Bonchev–Trinajstić information content (AvgIpc) is 2.77. The van der Waals surface area contributed by atoms with Crippen molar-refractivity contribution >= 4 is 23.4 Å². The quantitative estimate of drug-likeness (QED) is 0.680. The topological polar surface area (TPSA) is 73.4 Å². The molecule has 1 aliphatic heterocycles. The Morgan fingerprint density at radius 2 is 1.67 bits per heavy atom. The number of benzene rings is 2. The van der Waals surface area contributed by atoms with Crippen molar-refractivity contribution in [3.05, 3.63) is 78.1 Å². The van der Waals surface area contributed by atoms with Crippen LogP contribution in [0.25, 0.3) is 0 Å². The number of aryl methyl sites for hydroxylation is 1. The smallest absolute Gasteiger partial charge is 0.324 e. The SMILES string of the molecule is Cc1ccc(NC(=O)Nc2cc(N3CCN(Cc4ccccc4)CC3)ncn2)cc1. The fourth-order valence-electron chi connectivity index (χ4n) is 3.48. The number of hydrogen-bond donors (Lipinski definition) is 2. The first-order valence-electron chi connectivity index (χ1n) is 10.1. The Kier molecular flexibility index (Phi) is 6.20. The lowest BCUT2D eigenvalue weighted by molar-refractivity contribution is 0.249. The molecule has 7 heteroatoms. The van der Waals surface area contributed by atoms with E-state index >= 15 is 0 Å². The zero-order valence-corrected chi connectivity index (χ0v) is 17.1. The van der Waals surface area contributed by atoms with Crippen LogP contribution in [-0.4, -0.2) is 47.1 Å².